The Bertz CT molecular complexity index is 1100. The molecular formula is C24H21N3O3. The van der Waals surface area contributed by atoms with Gasteiger partial charge in [0.2, 0.25) is 5.76 Å². The van der Waals surface area contributed by atoms with Gasteiger partial charge in [-0.3, -0.25) is 9.78 Å². The molecule has 1 amide bonds. The number of benzene rings is 2. The van der Waals surface area contributed by atoms with E-state index in [9.17, 15) is 4.79 Å². The first-order valence-corrected chi connectivity index (χ1v) is 9.61. The van der Waals surface area contributed by atoms with E-state index in [1.807, 2.05) is 73.7 Å². The summed E-state index contributed by atoms with van der Waals surface area (Å²) >= 11 is 0. The van der Waals surface area contributed by atoms with Gasteiger partial charge in [0.1, 0.15) is 18.1 Å². The van der Waals surface area contributed by atoms with Gasteiger partial charge in [-0.2, -0.15) is 0 Å². The Kier molecular flexibility index (Phi) is 5.85. The van der Waals surface area contributed by atoms with Gasteiger partial charge in [0, 0.05) is 24.4 Å². The molecule has 0 aliphatic carbocycles. The lowest BCUT2D eigenvalue weighted by molar-refractivity contribution is 0.0914. The van der Waals surface area contributed by atoms with Crippen molar-refractivity contribution in [3.8, 4) is 17.0 Å². The molecule has 1 N–H and O–H groups in total. The molecule has 150 valence electrons. The summed E-state index contributed by atoms with van der Waals surface area (Å²) in [6.45, 7) is 2.80. The second kappa shape index (κ2) is 9.05. The molecule has 4 rings (SSSR count). The summed E-state index contributed by atoms with van der Waals surface area (Å²) in [6, 6.07) is 22.8. The van der Waals surface area contributed by atoms with Crippen molar-refractivity contribution in [1.29, 1.82) is 0 Å². The van der Waals surface area contributed by atoms with Crippen LogP contribution >= 0.6 is 0 Å². The number of hydrogen-bond donors (Lipinski definition) is 1. The third-order valence-electron chi connectivity index (χ3n) is 4.57. The lowest BCUT2D eigenvalue weighted by Crippen LogP contribution is -2.22. The van der Waals surface area contributed by atoms with Gasteiger partial charge in [-0.1, -0.05) is 53.2 Å². The smallest absolute Gasteiger partial charge is 0.290 e. The largest absolute Gasteiger partial charge is 0.487 e. The molecule has 0 spiro atoms. The predicted octanol–water partition coefficient (Wildman–Crippen LogP) is 4.55. The minimum absolute atomic E-state index is 0.181. The molecule has 30 heavy (non-hydrogen) atoms. The van der Waals surface area contributed by atoms with Crippen molar-refractivity contribution in [2.75, 3.05) is 0 Å². The van der Waals surface area contributed by atoms with Gasteiger partial charge in [-0.15, -0.1) is 0 Å². The molecule has 4 aromatic rings. The molecule has 0 atom stereocenters. The second-order valence-corrected chi connectivity index (χ2v) is 6.88. The summed E-state index contributed by atoms with van der Waals surface area (Å²) in [5.41, 5.74) is 4.52. The van der Waals surface area contributed by atoms with E-state index in [1.165, 1.54) is 0 Å². The average molecular weight is 399 g/mol. The molecule has 0 aliphatic heterocycles. The number of nitrogens with one attached hydrogen (secondary N) is 1. The molecule has 0 aliphatic rings. The number of aryl methyl sites for hydroxylation is 1. The van der Waals surface area contributed by atoms with Gasteiger partial charge in [-0.25, -0.2) is 0 Å². The number of aromatic nitrogens is 2. The first kappa shape index (κ1) is 19.4. The SMILES string of the molecule is Cc1ccc(-c2cc(C(=O)NCc3ccc(OCc4ccccn4)cc3)on2)cc1. The van der Waals surface area contributed by atoms with E-state index in [4.69, 9.17) is 9.26 Å². The molecular weight excluding hydrogens is 378 g/mol. The van der Waals surface area contributed by atoms with Crippen molar-refractivity contribution in [3.63, 3.8) is 0 Å². The van der Waals surface area contributed by atoms with Crippen LogP contribution in [0, 0.1) is 6.92 Å². The lowest BCUT2D eigenvalue weighted by atomic mass is 10.1. The zero-order chi connectivity index (χ0) is 20.8. The topological polar surface area (TPSA) is 77.2 Å². The second-order valence-electron chi connectivity index (χ2n) is 6.88. The van der Waals surface area contributed by atoms with Crippen molar-refractivity contribution in [1.82, 2.24) is 15.5 Å². The van der Waals surface area contributed by atoms with Gasteiger partial charge >= 0.3 is 0 Å². The highest BCUT2D eigenvalue weighted by Gasteiger charge is 2.13. The fourth-order valence-corrected chi connectivity index (χ4v) is 2.86. The summed E-state index contributed by atoms with van der Waals surface area (Å²) in [7, 11) is 0. The Morgan fingerprint density at radius 2 is 1.83 bits per heavy atom. The monoisotopic (exact) mass is 399 g/mol. The number of hydrogen-bond acceptors (Lipinski definition) is 5. The molecule has 0 unspecified atom stereocenters. The minimum atomic E-state index is -0.309. The van der Waals surface area contributed by atoms with Crippen LogP contribution in [0.5, 0.6) is 5.75 Å². The van der Waals surface area contributed by atoms with Crippen LogP contribution in [0.15, 0.2) is 83.5 Å². The lowest BCUT2D eigenvalue weighted by Gasteiger charge is -2.07. The Morgan fingerprint density at radius 3 is 2.57 bits per heavy atom. The molecule has 0 saturated carbocycles. The maximum Gasteiger partial charge on any atom is 0.290 e. The van der Waals surface area contributed by atoms with E-state index < -0.39 is 0 Å². The number of rotatable bonds is 7. The molecule has 2 aromatic heterocycles. The molecule has 0 fully saturated rings. The quantitative estimate of drug-likeness (QED) is 0.493. The summed E-state index contributed by atoms with van der Waals surface area (Å²) in [5.74, 6) is 0.617. The van der Waals surface area contributed by atoms with E-state index in [2.05, 4.69) is 15.5 Å². The highest BCUT2D eigenvalue weighted by molar-refractivity contribution is 5.92. The molecule has 0 saturated heterocycles. The molecule has 2 heterocycles. The molecule has 6 nitrogen and oxygen atoms in total. The van der Waals surface area contributed by atoms with Crippen LogP contribution in [-0.2, 0) is 13.2 Å². The van der Waals surface area contributed by atoms with Gasteiger partial charge in [0.15, 0.2) is 0 Å². The molecule has 2 aromatic carbocycles. The van der Waals surface area contributed by atoms with Crippen LogP contribution in [0.3, 0.4) is 0 Å². The van der Waals surface area contributed by atoms with Crippen LogP contribution in [0.4, 0.5) is 0 Å². The van der Waals surface area contributed by atoms with Crippen LogP contribution in [0.1, 0.15) is 27.4 Å². The third kappa shape index (κ3) is 4.91. The number of carbonyl (C=O) groups is 1. The maximum atomic E-state index is 12.4. The first-order chi connectivity index (χ1) is 14.7. The molecule has 6 heteroatoms. The van der Waals surface area contributed by atoms with Crippen molar-refractivity contribution in [2.24, 2.45) is 0 Å². The summed E-state index contributed by atoms with van der Waals surface area (Å²) in [4.78, 5) is 16.6. The van der Waals surface area contributed by atoms with E-state index in [0.717, 1.165) is 28.1 Å². The van der Waals surface area contributed by atoms with Gasteiger partial charge < -0.3 is 14.6 Å². The fraction of sp³-hybridized carbons (Fsp3) is 0.125. The number of ether oxygens (including phenoxy) is 1. The third-order valence-corrected chi connectivity index (χ3v) is 4.57. The van der Waals surface area contributed by atoms with Crippen molar-refractivity contribution < 1.29 is 14.1 Å². The van der Waals surface area contributed by atoms with E-state index in [-0.39, 0.29) is 11.7 Å². The van der Waals surface area contributed by atoms with E-state index in [1.54, 1.807) is 12.3 Å². The Balaban J connectivity index is 1.30. The van der Waals surface area contributed by atoms with Crippen molar-refractivity contribution >= 4 is 5.91 Å². The average Bonchev–Trinajstić information content (AvgIpc) is 3.28. The summed E-state index contributed by atoms with van der Waals surface area (Å²) in [6.07, 6.45) is 1.74. The van der Waals surface area contributed by atoms with Crippen molar-refractivity contribution in [3.05, 3.63) is 102 Å². The number of amides is 1. The number of carbonyl (C=O) groups excluding carboxylic acids is 1. The van der Waals surface area contributed by atoms with Gasteiger partial charge in [-0.05, 0) is 36.8 Å². The standard InChI is InChI=1S/C24H21N3O3/c1-17-5-9-19(10-6-17)22-14-23(30-27-22)24(28)26-15-18-7-11-21(12-8-18)29-16-20-4-2-3-13-25-20/h2-14H,15-16H2,1H3,(H,26,28). The highest BCUT2D eigenvalue weighted by Crippen LogP contribution is 2.20. The predicted molar refractivity (Wildman–Crippen MR) is 113 cm³/mol. The summed E-state index contributed by atoms with van der Waals surface area (Å²) < 4.78 is 10.9. The van der Waals surface area contributed by atoms with Gasteiger partial charge in [0.05, 0.1) is 5.69 Å². The molecule has 0 bridgehead atoms. The highest BCUT2D eigenvalue weighted by atomic mass is 16.5. The van der Waals surface area contributed by atoms with Crippen molar-refractivity contribution in [2.45, 2.75) is 20.1 Å². The van der Waals surface area contributed by atoms with Crippen LogP contribution in [0.2, 0.25) is 0 Å². The maximum absolute atomic E-state index is 12.4. The summed E-state index contributed by atoms with van der Waals surface area (Å²) in [5, 5.41) is 6.83. The van der Waals surface area contributed by atoms with E-state index in [0.29, 0.717) is 18.8 Å². The number of pyridine rings is 1. The number of nitrogens with zero attached hydrogens (tertiary/aromatic N) is 2. The zero-order valence-electron chi connectivity index (χ0n) is 16.5. The first-order valence-electron chi connectivity index (χ1n) is 9.61. The normalized spacial score (nSPS) is 10.6. The minimum Gasteiger partial charge on any atom is -0.487 e. The Hall–Kier alpha value is -3.93. The Labute approximate surface area is 174 Å². The fourth-order valence-electron chi connectivity index (χ4n) is 2.86. The van der Waals surface area contributed by atoms with Crippen LogP contribution in [0.25, 0.3) is 11.3 Å². The van der Waals surface area contributed by atoms with Crippen LogP contribution in [-0.4, -0.2) is 16.0 Å². The zero-order valence-corrected chi connectivity index (χ0v) is 16.5. The van der Waals surface area contributed by atoms with E-state index >= 15 is 0 Å². The van der Waals surface area contributed by atoms with Gasteiger partial charge in [0.25, 0.3) is 5.91 Å². The van der Waals surface area contributed by atoms with Crippen LogP contribution < -0.4 is 10.1 Å². The Morgan fingerprint density at radius 1 is 1.03 bits per heavy atom. The molecule has 0 radical (unpaired) electrons.